The first-order valence-electron chi connectivity index (χ1n) is 6.14. The zero-order valence-corrected chi connectivity index (χ0v) is 12.9. The summed E-state index contributed by atoms with van der Waals surface area (Å²) in [5.74, 6) is -18.3. The molecule has 0 aromatic rings. The molecule has 0 amide bonds. The van der Waals surface area contributed by atoms with E-state index in [9.17, 15) is 92.2 Å². The fourth-order valence-corrected chi connectivity index (χ4v) is 1.68. The van der Waals surface area contributed by atoms with Crippen molar-refractivity contribution in [2.24, 2.45) is 0 Å². The van der Waals surface area contributed by atoms with E-state index in [0.717, 1.165) is 0 Å². The van der Waals surface area contributed by atoms with Crippen molar-refractivity contribution in [2.45, 2.75) is 54.4 Å². The normalized spacial score (nSPS) is 16.8. The molecule has 0 fully saturated rings. The van der Waals surface area contributed by atoms with Crippen LogP contribution in [0, 0.1) is 0 Å². The van der Waals surface area contributed by atoms with Crippen LogP contribution < -0.4 is 0 Å². The van der Waals surface area contributed by atoms with Gasteiger partial charge in [-0.15, -0.1) is 0 Å². The third-order valence-corrected chi connectivity index (χ3v) is 3.14. The fraction of sp³-hybridized carbons (Fsp3) is 1.00. The van der Waals surface area contributed by atoms with Crippen LogP contribution in [0.15, 0.2) is 0 Å². The van der Waals surface area contributed by atoms with Crippen LogP contribution in [-0.2, 0) is 0 Å². The second kappa shape index (κ2) is 6.99. The fourth-order valence-electron chi connectivity index (χ4n) is 1.68. The first-order chi connectivity index (χ1) is 12.9. The maximum atomic E-state index is 13.3. The summed E-state index contributed by atoms with van der Waals surface area (Å²) in [6, 6.07) is -17.3. The maximum Gasteiger partial charge on any atom is 0.469 e. The zero-order chi connectivity index (χ0) is 26.1. The molecule has 0 unspecified atom stereocenters. The molecule has 22 heteroatoms. The molecular weight excluding hydrogens is 521 g/mol. The molecule has 0 saturated heterocycles. The molecule has 188 valence electrons. The predicted octanol–water partition coefficient (Wildman–Crippen LogP) is 6.66. The Hall–Kier alpha value is -1.51. The lowest BCUT2D eigenvalue weighted by Gasteiger charge is -2.45. The number of alkyl halides is 21. The van der Waals surface area contributed by atoms with Crippen LogP contribution in [0.1, 0.15) is 0 Å². The van der Waals surface area contributed by atoms with E-state index >= 15 is 0 Å². The van der Waals surface area contributed by atoms with Crippen molar-refractivity contribution in [3.05, 3.63) is 0 Å². The van der Waals surface area contributed by atoms with Crippen LogP contribution in [0.25, 0.3) is 0 Å². The first-order valence-corrected chi connectivity index (χ1v) is 6.14. The molecule has 0 radical (unpaired) electrons. The van der Waals surface area contributed by atoms with Gasteiger partial charge < -0.3 is 0 Å². The number of rotatable bonds is 5. The quantitative estimate of drug-likeness (QED) is 0.289. The number of nitrogens with zero attached hydrogens (tertiary/aromatic N) is 1. The van der Waals surface area contributed by atoms with Crippen LogP contribution in [0.2, 0.25) is 0 Å². The van der Waals surface area contributed by atoms with E-state index in [2.05, 4.69) is 0 Å². The van der Waals surface area contributed by atoms with Crippen LogP contribution in [0.4, 0.5) is 92.2 Å². The van der Waals surface area contributed by atoms with Crippen molar-refractivity contribution in [3.8, 4) is 0 Å². The van der Waals surface area contributed by atoms with Crippen molar-refractivity contribution in [2.75, 3.05) is 0 Å². The van der Waals surface area contributed by atoms with Gasteiger partial charge in [0.2, 0.25) is 0 Å². The minimum absolute atomic E-state index is 5.08. The lowest BCUT2D eigenvalue weighted by molar-refractivity contribution is -0.512. The molecule has 0 aliphatic rings. The van der Waals surface area contributed by atoms with Gasteiger partial charge in [0.15, 0.2) is 0 Å². The SMILES string of the molecule is FC(F)(F)N(C(F)(F)C(F)(F)F)C(F)(F)C(F)(F)C(F)(F)C(F)(C(F)(F)F)C(F)(F)F. The average Bonchev–Trinajstić information content (AvgIpc) is 2.39. The van der Waals surface area contributed by atoms with Gasteiger partial charge in [0, 0.05) is 0 Å². The molecule has 0 N–H and O–H groups in total. The first kappa shape index (κ1) is 29.5. The maximum absolute atomic E-state index is 13.3. The predicted molar refractivity (Wildman–Crippen MR) is 49.7 cm³/mol. The van der Waals surface area contributed by atoms with Crippen molar-refractivity contribution < 1.29 is 92.2 Å². The highest BCUT2D eigenvalue weighted by Gasteiger charge is 2.96. The van der Waals surface area contributed by atoms with Gasteiger partial charge in [-0.3, -0.25) is 0 Å². The van der Waals surface area contributed by atoms with Gasteiger partial charge in [-0.2, -0.15) is 87.8 Å². The topological polar surface area (TPSA) is 3.24 Å². The van der Waals surface area contributed by atoms with Gasteiger partial charge in [-0.05, 0) is 0 Å². The molecule has 0 aliphatic heterocycles. The van der Waals surface area contributed by atoms with Gasteiger partial charge in [0.25, 0.3) is 0 Å². The smallest absolute Gasteiger partial charge is 0.216 e. The Labute approximate surface area is 153 Å². The van der Waals surface area contributed by atoms with Crippen molar-refractivity contribution >= 4 is 0 Å². The molecule has 0 rings (SSSR count). The van der Waals surface area contributed by atoms with E-state index in [4.69, 9.17) is 0 Å². The summed E-state index contributed by atoms with van der Waals surface area (Å²) < 4.78 is 264. The van der Waals surface area contributed by atoms with Gasteiger partial charge in [-0.25, -0.2) is 4.39 Å². The second-order valence-corrected chi connectivity index (χ2v) is 5.19. The molecule has 0 atom stereocenters. The molecule has 0 saturated carbocycles. The highest BCUT2D eigenvalue weighted by Crippen LogP contribution is 2.64. The minimum Gasteiger partial charge on any atom is -0.216 e. The second-order valence-electron chi connectivity index (χ2n) is 5.19. The average molecular weight is 521 g/mol. The van der Waals surface area contributed by atoms with E-state index < -0.39 is 59.3 Å². The largest absolute Gasteiger partial charge is 0.469 e. The Morgan fingerprint density at radius 2 is 0.613 bits per heavy atom. The molecular formula is C9F21N. The van der Waals surface area contributed by atoms with Gasteiger partial charge >= 0.3 is 54.4 Å². The molecule has 31 heavy (non-hydrogen) atoms. The van der Waals surface area contributed by atoms with E-state index in [1.807, 2.05) is 0 Å². The summed E-state index contributed by atoms with van der Waals surface area (Å²) in [6.07, 6.45) is -33.0. The molecule has 0 aromatic heterocycles. The minimum atomic E-state index is -9.16. The summed E-state index contributed by atoms with van der Waals surface area (Å²) in [5.41, 5.74) is -8.86. The van der Waals surface area contributed by atoms with Crippen LogP contribution in [-0.4, -0.2) is 59.3 Å². The Morgan fingerprint density at radius 1 is 0.323 bits per heavy atom. The monoisotopic (exact) mass is 521 g/mol. The van der Waals surface area contributed by atoms with E-state index in [1.165, 1.54) is 0 Å². The summed E-state index contributed by atoms with van der Waals surface area (Å²) in [6.45, 7) is 0. The standard InChI is InChI=1S/C9F21N/c10-1(4(15,16)17,5(18,19)20)2(11,12)3(13,14)7(24,25)31(9(28,29)30)8(26,27)6(21,22)23. The van der Waals surface area contributed by atoms with Crippen LogP contribution in [0.3, 0.4) is 0 Å². The number of hydrogen-bond donors (Lipinski definition) is 0. The van der Waals surface area contributed by atoms with Gasteiger partial charge in [0.05, 0.1) is 0 Å². The summed E-state index contributed by atoms with van der Waals surface area (Å²) in [5, 5.41) is 0. The summed E-state index contributed by atoms with van der Waals surface area (Å²) >= 11 is 0. The van der Waals surface area contributed by atoms with Crippen LogP contribution in [0.5, 0.6) is 0 Å². The number of hydrogen-bond acceptors (Lipinski definition) is 1. The van der Waals surface area contributed by atoms with Crippen molar-refractivity contribution in [1.29, 1.82) is 0 Å². The highest BCUT2D eigenvalue weighted by atomic mass is 19.4. The molecule has 0 spiro atoms. The van der Waals surface area contributed by atoms with Crippen molar-refractivity contribution in [1.82, 2.24) is 4.90 Å². The lowest BCUT2D eigenvalue weighted by atomic mass is 9.89. The zero-order valence-electron chi connectivity index (χ0n) is 12.9. The van der Waals surface area contributed by atoms with E-state index in [1.54, 1.807) is 0 Å². The summed E-state index contributed by atoms with van der Waals surface area (Å²) in [7, 11) is 0. The Kier molecular flexibility index (Phi) is 6.65. The lowest BCUT2D eigenvalue weighted by Crippen LogP contribution is -2.78. The Bertz CT molecular complexity index is 628. The van der Waals surface area contributed by atoms with Gasteiger partial charge in [0.1, 0.15) is 0 Å². The van der Waals surface area contributed by atoms with E-state index in [-0.39, 0.29) is 0 Å². The van der Waals surface area contributed by atoms with E-state index in [0.29, 0.717) is 0 Å². The summed E-state index contributed by atoms with van der Waals surface area (Å²) in [4.78, 5) is -5.08. The molecule has 0 heterocycles. The number of halogens is 21. The molecule has 0 aromatic carbocycles. The third-order valence-electron chi connectivity index (χ3n) is 3.14. The molecule has 0 bridgehead atoms. The molecule has 0 aliphatic carbocycles. The third kappa shape index (κ3) is 4.02. The highest BCUT2D eigenvalue weighted by molar-refractivity contribution is 5.14. The Morgan fingerprint density at radius 3 is 0.806 bits per heavy atom. The van der Waals surface area contributed by atoms with Crippen molar-refractivity contribution in [3.63, 3.8) is 0 Å². The van der Waals surface area contributed by atoms with Crippen LogP contribution >= 0.6 is 0 Å². The Balaban J connectivity index is 7.28. The molecule has 1 nitrogen and oxygen atoms in total. The van der Waals surface area contributed by atoms with Gasteiger partial charge in [-0.1, -0.05) is 4.90 Å².